The second kappa shape index (κ2) is 9.80. The van der Waals surface area contributed by atoms with Crippen molar-refractivity contribution < 1.29 is 14.3 Å². The van der Waals surface area contributed by atoms with Crippen molar-refractivity contribution in [2.45, 2.75) is 19.8 Å². The maximum atomic E-state index is 13.6. The molecule has 1 amide bonds. The van der Waals surface area contributed by atoms with E-state index < -0.39 is 0 Å². The first-order chi connectivity index (χ1) is 14.2. The van der Waals surface area contributed by atoms with Gasteiger partial charge in [0.25, 0.3) is 0 Å². The third-order valence-electron chi connectivity index (χ3n) is 5.04. The Bertz CT molecular complexity index is 885. The maximum Gasteiger partial charge on any atom is 0.361 e. The molecule has 0 heterocycles. The summed E-state index contributed by atoms with van der Waals surface area (Å²) in [6.07, 6.45) is 0.950. The molecule has 0 bridgehead atoms. The highest BCUT2D eigenvalue weighted by atomic mass is 16.5. The Kier molecular flexibility index (Phi) is 6.93. The lowest BCUT2D eigenvalue weighted by Crippen LogP contribution is -2.53. The Morgan fingerprint density at radius 3 is 1.72 bits per heavy atom. The number of carbonyl (C=O) groups excluding carboxylic acids is 2. The van der Waals surface area contributed by atoms with Gasteiger partial charge in [-0.1, -0.05) is 73.7 Å². The molecular weight excluding hydrogens is 362 g/mol. The van der Waals surface area contributed by atoms with Gasteiger partial charge in [0.15, 0.2) is 0 Å². The fourth-order valence-electron chi connectivity index (χ4n) is 3.48. The van der Waals surface area contributed by atoms with Crippen LogP contribution in [0, 0.1) is 0 Å². The molecule has 0 radical (unpaired) electrons. The quantitative estimate of drug-likeness (QED) is 0.401. The summed E-state index contributed by atoms with van der Waals surface area (Å²) in [5.74, 6) is -0.541. The van der Waals surface area contributed by atoms with E-state index in [0.29, 0.717) is 13.0 Å². The Morgan fingerprint density at radius 2 is 1.24 bits per heavy atom. The number of ether oxygens (including phenoxy) is 1. The normalized spacial score (nSPS) is 11.1. The van der Waals surface area contributed by atoms with E-state index in [-0.39, 0.29) is 29.4 Å². The number of hydrogen-bond acceptors (Lipinski definition) is 3. The van der Waals surface area contributed by atoms with Crippen LogP contribution in [0.15, 0.2) is 91.0 Å². The van der Waals surface area contributed by atoms with Crippen molar-refractivity contribution in [3.8, 4) is 0 Å². The number of carbonyl (C=O) groups is 2. The van der Waals surface area contributed by atoms with Crippen LogP contribution in [0.4, 0.5) is 11.4 Å². The van der Waals surface area contributed by atoms with Crippen LogP contribution in [-0.4, -0.2) is 25.0 Å². The molecule has 0 spiro atoms. The number of esters is 1. The minimum absolute atomic E-state index is 0.00638. The van der Waals surface area contributed by atoms with Crippen molar-refractivity contribution >= 4 is 23.3 Å². The molecule has 0 N–H and O–H groups in total. The molecule has 4 nitrogen and oxygen atoms in total. The highest BCUT2D eigenvalue weighted by Crippen LogP contribution is 2.35. The van der Waals surface area contributed by atoms with Crippen molar-refractivity contribution in [2.24, 2.45) is 0 Å². The predicted octanol–water partition coefficient (Wildman–Crippen LogP) is 5.05. The molecule has 0 aliphatic heterocycles. The number of amides is 1. The molecule has 0 fully saturated rings. The summed E-state index contributed by atoms with van der Waals surface area (Å²) >= 11 is 0. The summed E-state index contributed by atoms with van der Waals surface area (Å²) in [5, 5.41) is 0. The van der Waals surface area contributed by atoms with Crippen LogP contribution in [0.1, 0.15) is 18.9 Å². The zero-order valence-electron chi connectivity index (χ0n) is 16.7. The van der Waals surface area contributed by atoms with Gasteiger partial charge in [-0.05, 0) is 5.56 Å². The van der Waals surface area contributed by atoms with E-state index in [1.807, 2.05) is 78.9 Å². The van der Waals surface area contributed by atoms with Crippen molar-refractivity contribution in [1.29, 1.82) is 0 Å². The molecule has 3 rings (SSSR count). The molecule has 29 heavy (non-hydrogen) atoms. The molecule has 3 aromatic carbocycles. The van der Waals surface area contributed by atoms with Gasteiger partial charge in [0, 0.05) is 37.1 Å². The van der Waals surface area contributed by atoms with E-state index in [1.54, 1.807) is 6.92 Å². The number of benzene rings is 3. The van der Waals surface area contributed by atoms with Crippen molar-refractivity contribution in [1.82, 2.24) is 4.48 Å². The van der Waals surface area contributed by atoms with Crippen LogP contribution in [0.5, 0.6) is 0 Å². The summed E-state index contributed by atoms with van der Waals surface area (Å²) in [7, 11) is 0. The van der Waals surface area contributed by atoms with Gasteiger partial charge in [0.2, 0.25) is 6.61 Å². The number of para-hydroxylation sites is 2. The zero-order valence-corrected chi connectivity index (χ0v) is 16.7. The Morgan fingerprint density at radius 1 is 0.759 bits per heavy atom. The molecule has 3 aromatic rings. The summed E-state index contributed by atoms with van der Waals surface area (Å²) < 4.78 is 5.24. The molecule has 0 saturated heterocycles. The van der Waals surface area contributed by atoms with Crippen LogP contribution >= 0.6 is 0 Å². The second-order valence-electron chi connectivity index (χ2n) is 6.85. The fourth-order valence-corrected chi connectivity index (χ4v) is 3.48. The van der Waals surface area contributed by atoms with Crippen LogP contribution in [0.3, 0.4) is 0 Å². The standard InChI is InChI=1S/C25H26NO3/c1-2-25(28)29-20-24(27)26(22-14-8-4-9-15-22,23-16-10-5-11-17-23)19-18-21-12-6-3-7-13-21/h3-17H,2,18-20H2,1H3/q+1. The summed E-state index contributed by atoms with van der Waals surface area (Å²) in [6, 6.07) is 29.5. The largest absolute Gasteiger partial charge is 0.451 e. The first-order valence-corrected chi connectivity index (χ1v) is 9.89. The first-order valence-electron chi connectivity index (χ1n) is 9.89. The van der Waals surface area contributed by atoms with Crippen molar-refractivity contribution in [3.63, 3.8) is 0 Å². The Labute approximate surface area is 172 Å². The Hall–Kier alpha value is -3.24. The van der Waals surface area contributed by atoms with Gasteiger partial charge >= 0.3 is 11.9 Å². The third kappa shape index (κ3) is 4.79. The predicted molar refractivity (Wildman–Crippen MR) is 116 cm³/mol. The van der Waals surface area contributed by atoms with Crippen LogP contribution in [0.25, 0.3) is 0 Å². The van der Waals surface area contributed by atoms with Gasteiger partial charge in [-0.15, -0.1) is 0 Å². The highest BCUT2D eigenvalue weighted by Gasteiger charge is 2.41. The Balaban J connectivity index is 2.05. The van der Waals surface area contributed by atoms with Gasteiger partial charge in [-0.25, -0.2) is 4.79 Å². The van der Waals surface area contributed by atoms with Gasteiger partial charge < -0.3 is 4.74 Å². The zero-order chi connectivity index (χ0) is 20.5. The minimum Gasteiger partial charge on any atom is -0.451 e. The van der Waals surface area contributed by atoms with Crippen LogP contribution in [-0.2, 0) is 20.7 Å². The summed E-state index contributed by atoms with van der Waals surface area (Å²) in [5.41, 5.74) is 2.86. The smallest absolute Gasteiger partial charge is 0.361 e. The van der Waals surface area contributed by atoms with Gasteiger partial charge in [-0.3, -0.25) is 4.79 Å². The lowest BCUT2D eigenvalue weighted by molar-refractivity contribution is -0.150. The topological polar surface area (TPSA) is 43.4 Å². The van der Waals surface area contributed by atoms with E-state index in [9.17, 15) is 9.59 Å². The van der Waals surface area contributed by atoms with Gasteiger partial charge in [-0.2, -0.15) is 4.48 Å². The SMILES string of the molecule is CCC(=O)OCC(=O)[N+](CCc1ccccc1)(c1ccccc1)c1ccccc1. The van der Waals surface area contributed by atoms with Crippen LogP contribution in [0.2, 0.25) is 0 Å². The molecular formula is C25H26NO3+. The first kappa shape index (κ1) is 20.5. The van der Waals surface area contributed by atoms with Crippen LogP contribution < -0.4 is 4.48 Å². The molecule has 0 atom stereocenters. The molecule has 0 aromatic heterocycles. The van der Waals surface area contributed by atoms with Gasteiger partial charge in [0.1, 0.15) is 11.4 Å². The van der Waals surface area contributed by atoms with E-state index >= 15 is 0 Å². The molecule has 0 aliphatic carbocycles. The average Bonchev–Trinajstić information content (AvgIpc) is 2.80. The fraction of sp³-hybridized carbons (Fsp3) is 0.200. The average molecular weight is 388 g/mol. The minimum atomic E-state index is -0.374. The molecule has 0 unspecified atom stereocenters. The van der Waals surface area contributed by atoms with E-state index in [1.165, 1.54) is 0 Å². The summed E-state index contributed by atoms with van der Waals surface area (Å²) in [4.78, 5) is 25.3. The lowest BCUT2D eigenvalue weighted by atomic mass is 10.1. The number of hydrogen-bond donors (Lipinski definition) is 0. The molecule has 0 saturated carbocycles. The van der Waals surface area contributed by atoms with E-state index in [2.05, 4.69) is 12.1 Å². The lowest BCUT2D eigenvalue weighted by Gasteiger charge is -2.35. The van der Waals surface area contributed by atoms with Crippen molar-refractivity contribution in [3.05, 3.63) is 96.6 Å². The highest BCUT2D eigenvalue weighted by molar-refractivity contribution is 5.96. The molecule has 4 heteroatoms. The number of quaternary nitrogens is 1. The third-order valence-corrected chi connectivity index (χ3v) is 5.04. The number of nitrogens with zero attached hydrogens (tertiary/aromatic N) is 1. The van der Waals surface area contributed by atoms with Crippen molar-refractivity contribution in [2.75, 3.05) is 13.2 Å². The maximum absolute atomic E-state index is 13.6. The van der Waals surface area contributed by atoms with E-state index in [0.717, 1.165) is 16.9 Å². The summed E-state index contributed by atoms with van der Waals surface area (Å²) in [6.45, 7) is 1.99. The molecule has 0 aliphatic rings. The second-order valence-corrected chi connectivity index (χ2v) is 6.85. The number of rotatable bonds is 8. The van der Waals surface area contributed by atoms with Gasteiger partial charge in [0.05, 0.1) is 6.54 Å². The monoisotopic (exact) mass is 388 g/mol. The van der Waals surface area contributed by atoms with E-state index in [4.69, 9.17) is 4.74 Å². The molecule has 148 valence electrons.